The number of unbranched alkanes of at least 4 members (excludes halogenated alkanes) is 27. The van der Waals surface area contributed by atoms with Gasteiger partial charge in [-0.15, -0.1) is 0 Å². The molecule has 0 heterocycles. The standard InChI is InChI=1S/C52H97NO5/c1-4-7-10-13-16-19-22-24-25-26-27-28-30-33-36-39-42-45-52(57)58-48(43-40-37-34-31-29-23-20-17-14-11-8-5-2)46-51(56)53-49(47-54)50(55)44-41-38-35-32-21-18-15-12-9-6-3/h8,11,17,20,29,31,48-50,54-55H,4-7,9-10,12-16,18-19,21-28,30,32-47H2,1-3H3,(H,53,56)/b11-8+,20-17+,31-29+. The quantitative estimate of drug-likeness (QED) is 0.0323. The molecule has 340 valence electrons. The number of carbonyl (C=O) groups is 2. The van der Waals surface area contributed by atoms with Crippen molar-refractivity contribution in [1.82, 2.24) is 5.32 Å². The van der Waals surface area contributed by atoms with E-state index in [4.69, 9.17) is 4.74 Å². The summed E-state index contributed by atoms with van der Waals surface area (Å²) in [6.07, 6.45) is 53.6. The van der Waals surface area contributed by atoms with Gasteiger partial charge in [0.25, 0.3) is 0 Å². The van der Waals surface area contributed by atoms with Crippen LogP contribution in [0.2, 0.25) is 0 Å². The summed E-state index contributed by atoms with van der Waals surface area (Å²) in [5, 5.41) is 23.7. The van der Waals surface area contributed by atoms with Crippen molar-refractivity contribution >= 4 is 11.9 Å². The molecular formula is C52H97NO5. The maximum Gasteiger partial charge on any atom is 0.306 e. The number of esters is 1. The van der Waals surface area contributed by atoms with Crippen molar-refractivity contribution in [1.29, 1.82) is 0 Å². The lowest BCUT2D eigenvalue weighted by Gasteiger charge is -2.24. The summed E-state index contributed by atoms with van der Waals surface area (Å²) in [7, 11) is 0. The largest absolute Gasteiger partial charge is 0.462 e. The Balaban J connectivity index is 4.54. The van der Waals surface area contributed by atoms with Crippen LogP contribution in [0.15, 0.2) is 36.5 Å². The number of hydrogen-bond acceptors (Lipinski definition) is 5. The van der Waals surface area contributed by atoms with Gasteiger partial charge < -0.3 is 20.3 Å². The summed E-state index contributed by atoms with van der Waals surface area (Å²) in [4.78, 5) is 26.1. The highest BCUT2D eigenvalue weighted by molar-refractivity contribution is 5.77. The minimum atomic E-state index is -0.793. The van der Waals surface area contributed by atoms with Crippen molar-refractivity contribution in [2.45, 2.75) is 277 Å². The van der Waals surface area contributed by atoms with Crippen LogP contribution in [0.3, 0.4) is 0 Å². The van der Waals surface area contributed by atoms with E-state index >= 15 is 0 Å². The average Bonchev–Trinajstić information content (AvgIpc) is 3.22. The van der Waals surface area contributed by atoms with E-state index in [0.717, 1.165) is 77.0 Å². The molecule has 6 nitrogen and oxygen atoms in total. The molecule has 0 aliphatic heterocycles. The second-order valence-corrected chi connectivity index (χ2v) is 17.2. The molecule has 3 unspecified atom stereocenters. The zero-order valence-electron chi connectivity index (χ0n) is 38.7. The lowest BCUT2D eigenvalue weighted by molar-refractivity contribution is -0.151. The van der Waals surface area contributed by atoms with Crippen LogP contribution in [0, 0.1) is 0 Å². The van der Waals surface area contributed by atoms with E-state index in [1.165, 1.54) is 135 Å². The number of aliphatic hydroxyl groups excluding tert-OH is 2. The van der Waals surface area contributed by atoms with E-state index in [2.05, 4.69) is 62.5 Å². The number of rotatable bonds is 45. The van der Waals surface area contributed by atoms with Crippen LogP contribution in [0.5, 0.6) is 0 Å². The van der Waals surface area contributed by atoms with Crippen molar-refractivity contribution in [3.8, 4) is 0 Å². The first kappa shape index (κ1) is 56.1. The Bertz CT molecular complexity index is 961. The third kappa shape index (κ3) is 40.8. The highest BCUT2D eigenvalue weighted by atomic mass is 16.5. The first-order chi connectivity index (χ1) is 28.5. The monoisotopic (exact) mass is 816 g/mol. The van der Waals surface area contributed by atoms with E-state index in [-0.39, 0.29) is 24.9 Å². The molecule has 0 aromatic carbocycles. The molecule has 58 heavy (non-hydrogen) atoms. The summed E-state index contributed by atoms with van der Waals surface area (Å²) in [5.74, 6) is -0.504. The highest BCUT2D eigenvalue weighted by Gasteiger charge is 2.24. The molecule has 0 aromatic heterocycles. The number of aliphatic hydroxyl groups is 2. The van der Waals surface area contributed by atoms with Crippen LogP contribution < -0.4 is 5.32 Å². The third-order valence-corrected chi connectivity index (χ3v) is 11.5. The number of amides is 1. The molecule has 6 heteroatoms. The fraction of sp³-hybridized carbons (Fsp3) is 0.846. The Morgan fingerprint density at radius 1 is 0.517 bits per heavy atom. The fourth-order valence-electron chi connectivity index (χ4n) is 7.68. The van der Waals surface area contributed by atoms with Crippen LogP contribution in [-0.2, 0) is 14.3 Å². The van der Waals surface area contributed by atoms with Crippen LogP contribution in [-0.4, -0.2) is 46.9 Å². The number of ether oxygens (including phenoxy) is 1. The molecule has 0 rings (SSSR count). The van der Waals surface area contributed by atoms with Crippen molar-refractivity contribution in [3.63, 3.8) is 0 Å². The van der Waals surface area contributed by atoms with Gasteiger partial charge in [0.15, 0.2) is 0 Å². The molecule has 0 saturated heterocycles. The van der Waals surface area contributed by atoms with Gasteiger partial charge in [-0.05, 0) is 57.8 Å². The highest BCUT2D eigenvalue weighted by Crippen LogP contribution is 2.18. The van der Waals surface area contributed by atoms with Gasteiger partial charge in [-0.2, -0.15) is 0 Å². The zero-order chi connectivity index (χ0) is 42.4. The van der Waals surface area contributed by atoms with Gasteiger partial charge >= 0.3 is 5.97 Å². The molecule has 3 N–H and O–H groups in total. The smallest absolute Gasteiger partial charge is 0.306 e. The molecular weight excluding hydrogens is 719 g/mol. The van der Waals surface area contributed by atoms with Crippen LogP contribution in [0.1, 0.15) is 258 Å². The fourth-order valence-corrected chi connectivity index (χ4v) is 7.68. The Kier molecular flexibility index (Phi) is 44.6. The molecule has 0 aromatic rings. The summed E-state index contributed by atoms with van der Waals surface area (Å²) in [6, 6.07) is -0.709. The van der Waals surface area contributed by atoms with Gasteiger partial charge in [-0.3, -0.25) is 9.59 Å². The number of nitrogens with one attached hydrogen (secondary N) is 1. The number of carbonyl (C=O) groups excluding carboxylic acids is 2. The summed E-state index contributed by atoms with van der Waals surface area (Å²) in [5.41, 5.74) is 0. The minimum absolute atomic E-state index is 0.0549. The maximum atomic E-state index is 13.1. The summed E-state index contributed by atoms with van der Waals surface area (Å²) in [6.45, 7) is 6.35. The molecule has 1 amide bonds. The topological polar surface area (TPSA) is 95.9 Å². The van der Waals surface area contributed by atoms with Gasteiger partial charge in [0, 0.05) is 6.42 Å². The molecule has 0 saturated carbocycles. The van der Waals surface area contributed by atoms with Gasteiger partial charge in [-0.25, -0.2) is 0 Å². The van der Waals surface area contributed by atoms with Crippen molar-refractivity contribution in [2.24, 2.45) is 0 Å². The Morgan fingerprint density at radius 2 is 0.931 bits per heavy atom. The molecule has 0 aliphatic rings. The van der Waals surface area contributed by atoms with Gasteiger partial charge in [-0.1, -0.05) is 224 Å². The molecule has 0 fully saturated rings. The predicted molar refractivity (Wildman–Crippen MR) is 250 cm³/mol. The lowest BCUT2D eigenvalue weighted by Crippen LogP contribution is -2.46. The van der Waals surface area contributed by atoms with E-state index in [1.54, 1.807) is 0 Å². The van der Waals surface area contributed by atoms with Gasteiger partial charge in [0.1, 0.15) is 6.10 Å². The van der Waals surface area contributed by atoms with Gasteiger partial charge in [0.2, 0.25) is 5.91 Å². The molecule has 0 bridgehead atoms. The average molecular weight is 816 g/mol. The van der Waals surface area contributed by atoms with Crippen molar-refractivity contribution < 1.29 is 24.5 Å². The Morgan fingerprint density at radius 3 is 1.40 bits per heavy atom. The van der Waals surface area contributed by atoms with Crippen molar-refractivity contribution in [3.05, 3.63) is 36.5 Å². The predicted octanol–water partition coefficient (Wildman–Crippen LogP) is 14.9. The van der Waals surface area contributed by atoms with Crippen LogP contribution in [0.25, 0.3) is 0 Å². The van der Waals surface area contributed by atoms with Crippen molar-refractivity contribution in [2.75, 3.05) is 6.61 Å². The third-order valence-electron chi connectivity index (χ3n) is 11.5. The number of hydrogen-bond donors (Lipinski definition) is 3. The maximum absolute atomic E-state index is 13.1. The second-order valence-electron chi connectivity index (χ2n) is 17.2. The molecule has 0 aliphatic carbocycles. The second kappa shape index (κ2) is 46.2. The first-order valence-electron chi connectivity index (χ1n) is 25.2. The van der Waals surface area contributed by atoms with E-state index in [1.807, 2.05) is 0 Å². The van der Waals surface area contributed by atoms with E-state index < -0.39 is 18.2 Å². The zero-order valence-corrected chi connectivity index (χ0v) is 38.7. The van der Waals surface area contributed by atoms with Crippen LogP contribution in [0.4, 0.5) is 0 Å². The SMILES string of the molecule is CC/C=C/C/C=C/C/C=C/CCCCC(CC(=O)NC(CO)C(O)CCCCCCCCCCCC)OC(=O)CCCCCCCCCCCCCCCCCCC. The first-order valence-corrected chi connectivity index (χ1v) is 25.2. The number of allylic oxidation sites excluding steroid dienone is 6. The molecule has 0 spiro atoms. The summed E-state index contributed by atoms with van der Waals surface area (Å²) >= 11 is 0. The minimum Gasteiger partial charge on any atom is -0.462 e. The Labute approximate surface area is 360 Å². The lowest BCUT2D eigenvalue weighted by atomic mass is 10.0. The Hall–Kier alpha value is -1.92. The normalized spacial score (nSPS) is 13.5. The van der Waals surface area contributed by atoms with E-state index in [9.17, 15) is 19.8 Å². The molecule has 3 atom stereocenters. The van der Waals surface area contributed by atoms with Crippen LogP contribution >= 0.6 is 0 Å². The molecule has 0 radical (unpaired) electrons. The van der Waals surface area contributed by atoms with Gasteiger partial charge in [0.05, 0.1) is 25.2 Å². The van der Waals surface area contributed by atoms with E-state index in [0.29, 0.717) is 19.3 Å². The summed E-state index contributed by atoms with van der Waals surface area (Å²) < 4.78 is 5.91.